The van der Waals surface area contributed by atoms with Crippen LogP contribution in [0, 0.1) is 6.92 Å². The molecule has 1 amide bonds. The van der Waals surface area contributed by atoms with Crippen molar-refractivity contribution in [3.63, 3.8) is 0 Å². The smallest absolute Gasteiger partial charge is 0.404 e. The zero-order valence-corrected chi connectivity index (χ0v) is 22.6. The molecule has 202 valence electrons. The molecule has 39 heavy (non-hydrogen) atoms. The largest absolute Gasteiger partial charge is 0.490 e. The van der Waals surface area contributed by atoms with Crippen molar-refractivity contribution in [2.24, 2.45) is 5.73 Å². The number of nitrogens with zero attached hydrogens (tertiary/aromatic N) is 2. The number of rotatable bonds is 9. The van der Waals surface area contributed by atoms with Crippen molar-refractivity contribution >= 4 is 28.1 Å². The molecule has 1 saturated heterocycles. The number of benzene rings is 3. The number of aryl methyl sites for hydroxylation is 1. The second kappa shape index (κ2) is 12.2. The number of nitrogens with two attached hydrogens (primary N) is 1. The van der Waals surface area contributed by atoms with Crippen molar-refractivity contribution in [1.29, 1.82) is 0 Å². The van der Waals surface area contributed by atoms with Gasteiger partial charge in [0, 0.05) is 12.0 Å². The monoisotopic (exact) mass is 525 g/mol. The van der Waals surface area contributed by atoms with Gasteiger partial charge in [-0.2, -0.15) is 5.10 Å². The predicted octanol–water partition coefficient (Wildman–Crippen LogP) is 6.89. The first-order valence-corrected chi connectivity index (χ1v) is 13.6. The summed E-state index contributed by atoms with van der Waals surface area (Å²) in [6.07, 6.45) is 5.26. The Labute approximate surface area is 229 Å². The Hall–Kier alpha value is -4.10. The van der Waals surface area contributed by atoms with Crippen molar-refractivity contribution in [1.82, 2.24) is 9.78 Å². The Bertz CT molecular complexity index is 1470. The van der Waals surface area contributed by atoms with Crippen LogP contribution in [0.5, 0.6) is 5.75 Å². The van der Waals surface area contributed by atoms with Crippen LogP contribution in [0.3, 0.4) is 0 Å². The molecule has 1 aliphatic heterocycles. The summed E-state index contributed by atoms with van der Waals surface area (Å²) >= 11 is 0. The van der Waals surface area contributed by atoms with Gasteiger partial charge in [-0.15, -0.1) is 0 Å². The summed E-state index contributed by atoms with van der Waals surface area (Å²) in [5, 5.41) is 5.80. The topological polar surface area (TPSA) is 88.6 Å². The molecule has 1 aromatic heterocycles. The first-order chi connectivity index (χ1) is 19.0. The first kappa shape index (κ1) is 26.5. The van der Waals surface area contributed by atoms with Crippen molar-refractivity contribution in [3.05, 3.63) is 95.2 Å². The van der Waals surface area contributed by atoms with E-state index in [0.717, 1.165) is 54.3 Å². The summed E-state index contributed by atoms with van der Waals surface area (Å²) in [5.74, 6) is 0.698. The van der Waals surface area contributed by atoms with Crippen LogP contribution in [0.1, 0.15) is 61.1 Å². The Morgan fingerprint density at radius 1 is 1.05 bits per heavy atom. The molecule has 0 radical (unpaired) electrons. The highest BCUT2D eigenvalue weighted by atomic mass is 16.6. The Balaban J connectivity index is 1.54. The number of fused-ring (bicyclic) bond motifs is 1. The van der Waals surface area contributed by atoms with E-state index in [-0.39, 0.29) is 19.4 Å². The van der Waals surface area contributed by atoms with Crippen molar-refractivity contribution in [2.75, 3.05) is 19.8 Å². The maximum Gasteiger partial charge on any atom is 0.404 e. The molecule has 3 aromatic carbocycles. The number of hydrogen-bond acceptors (Lipinski definition) is 5. The average Bonchev–Trinajstić information content (AvgIpc) is 3.39. The summed E-state index contributed by atoms with van der Waals surface area (Å²) < 4.78 is 18.5. The molecule has 7 heteroatoms. The number of ether oxygens (including phenoxy) is 3. The van der Waals surface area contributed by atoms with Gasteiger partial charge in [-0.3, -0.25) is 0 Å². The van der Waals surface area contributed by atoms with Gasteiger partial charge < -0.3 is 19.9 Å². The van der Waals surface area contributed by atoms with Crippen LogP contribution >= 0.6 is 0 Å². The molecular weight excluding hydrogens is 490 g/mol. The SMILES string of the molecule is CC/C(=C(/c1ccc(OCCOC(N)=O)cc1)c1ccc2c(cnn2C2CCCCO2)c1)c1ccccc1C. The fourth-order valence-corrected chi connectivity index (χ4v) is 5.30. The maximum atomic E-state index is 10.8. The number of amides is 1. The molecule has 0 aliphatic carbocycles. The van der Waals surface area contributed by atoms with Gasteiger partial charge in [0.25, 0.3) is 0 Å². The van der Waals surface area contributed by atoms with Crippen molar-refractivity contribution in [3.8, 4) is 5.75 Å². The lowest BCUT2D eigenvalue weighted by atomic mass is 9.86. The third-order valence-corrected chi connectivity index (χ3v) is 7.18. The normalized spacial score (nSPS) is 16.1. The van der Waals surface area contributed by atoms with E-state index in [1.165, 1.54) is 22.3 Å². The fourth-order valence-electron chi connectivity index (χ4n) is 5.30. The van der Waals surface area contributed by atoms with E-state index in [4.69, 9.17) is 25.0 Å². The third-order valence-electron chi connectivity index (χ3n) is 7.18. The van der Waals surface area contributed by atoms with E-state index in [0.29, 0.717) is 5.75 Å². The van der Waals surface area contributed by atoms with Gasteiger partial charge >= 0.3 is 6.09 Å². The summed E-state index contributed by atoms with van der Waals surface area (Å²) in [5.41, 5.74) is 13.3. The molecule has 1 aliphatic rings. The van der Waals surface area contributed by atoms with E-state index in [9.17, 15) is 4.79 Å². The Morgan fingerprint density at radius 3 is 2.56 bits per heavy atom. The second-order valence-corrected chi connectivity index (χ2v) is 9.75. The lowest BCUT2D eigenvalue weighted by molar-refractivity contribution is -0.0366. The van der Waals surface area contributed by atoms with E-state index in [2.05, 4.69) is 68.4 Å². The summed E-state index contributed by atoms with van der Waals surface area (Å²) in [6.45, 7) is 5.49. The Kier molecular flexibility index (Phi) is 8.27. The molecule has 1 unspecified atom stereocenters. The van der Waals surface area contributed by atoms with E-state index in [1.54, 1.807) is 0 Å². The van der Waals surface area contributed by atoms with Gasteiger partial charge in [-0.05, 0) is 90.3 Å². The summed E-state index contributed by atoms with van der Waals surface area (Å²) in [4.78, 5) is 10.8. The van der Waals surface area contributed by atoms with Crippen LogP contribution in [0.25, 0.3) is 22.0 Å². The standard InChI is InChI=1S/C32H35N3O4/c1-3-27(28-9-5-4-8-22(28)2)31(23-11-14-26(15-12-23)37-18-19-39-32(33)36)24-13-16-29-25(20-24)21-34-35(29)30-10-6-7-17-38-30/h4-5,8-9,11-16,20-21,30H,3,6-7,10,17-19H2,1-2H3,(H2,33,36)/b31-27+. The van der Waals surface area contributed by atoms with E-state index in [1.807, 2.05) is 23.0 Å². The summed E-state index contributed by atoms with van der Waals surface area (Å²) in [7, 11) is 0. The number of primary amides is 1. The van der Waals surface area contributed by atoms with Gasteiger partial charge in [0.1, 0.15) is 19.0 Å². The third kappa shape index (κ3) is 5.99. The maximum absolute atomic E-state index is 10.8. The molecule has 2 N–H and O–H groups in total. The minimum absolute atomic E-state index is 0.00352. The van der Waals surface area contributed by atoms with Crippen molar-refractivity contribution in [2.45, 2.75) is 45.8 Å². The number of carbonyl (C=O) groups excluding carboxylic acids is 1. The number of allylic oxidation sites excluding steroid dienone is 1. The van der Waals surface area contributed by atoms with Gasteiger partial charge in [-0.25, -0.2) is 9.48 Å². The van der Waals surface area contributed by atoms with Crippen LogP contribution in [0.15, 0.2) is 72.9 Å². The van der Waals surface area contributed by atoms with Crippen LogP contribution in [-0.4, -0.2) is 35.7 Å². The molecule has 4 aromatic rings. The molecule has 7 nitrogen and oxygen atoms in total. The van der Waals surface area contributed by atoms with E-state index < -0.39 is 6.09 Å². The minimum Gasteiger partial charge on any atom is -0.490 e. The predicted molar refractivity (Wildman–Crippen MR) is 153 cm³/mol. The molecule has 0 spiro atoms. The Morgan fingerprint density at radius 2 is 1.85 bits per heavy atom. The quantitative estimate of drug-likeness (QED) is 0.190. The molecule has 5 rings (SSSR count). The zero-order chi connectivity index (χ0) is 27.2. The van der Waals surface area contributed by atoms with Crippen molar-refractivity contribution < 1.29 is 19.0 Å². The molecule has 1 atom stereocenters. The van der Waals surface area contributed by atoms with Crippen LogP contribution in [0.2, 0.25) is 0 Å². The molecule has 2 heterocycles. The number of carbonyl (C=O) groups is 1. The number of aromatic nitrogens is 2. The van der Waals surface area contributed by atoms with Gasteiger partial charge in [-0.1, -0.05) is 49.4 Å². The highest BCUT2D eigenvalue weighted by Crippen LogP contribution is 2.37. The average molecular weight is 526 g/mol. The zero-order valence-electron chi connectivity index (χ0n) is 22.6. The highest BCUT2D eigenvalue weighted by molar-refractivity contribution is 6.01. The van der Waals surface area contributed by atoms with Gasteiger partial charge in [0.15, 0.2) is 6.23 Å². The summed E-state index contributed by atoms with van der Waals surface area (Å²) in [6, 6.07) is 23.2. The van der Waals surface area contributed by atoms with Crippen LogP contribution in [-0.2, 0) is 9.47 Å². The molecule has 1 fully saturated rings. The van der Waals surface area contributed by atoms with Crippen LogP contribution in [0.4, 0.5) is 4.79 Å². The molecule has 0 saturated carbocycles. The molecular formula is C32H35N3O4. The highest BCUT2D eigenvalue weighted by Gasteiger charge is 2.20. The molecule has 0 bridgehead atoms. The van der Waals surface area contributed by atoms with Gasteiger partial charge in [0.2, 0.25) is 0 Å². The van der Waals surface area contributed by atoms with Crippen LogP contribution < -0.4 is 10.5 Å². The second-order valence-electron chi connectivity index (χ2n) is 9.75. The van der Waals surface area contributed by atoms with Gasteiger partial charge in [0.05, 0.1) is 11.7 Å². The first-order valence-electron chi connectivity index (χ1n) is 13.6. The lowest BCUT2D eigenvalue weighted by Gasteiger charge is -2.23. The van der Waals surface area contributed by atoms with E-state index >= 15 is 0 Å². The fraction of sp³-hybridized carbons (Fsp3) is 0.312. The minimum atomic E-state index is -0.805. The number of hydrogen-bond donors (Lipinski definition) is 1. The lowest BCUT2D eigenvalue weighted by Crippen LogP contribution is -2.18.